The topological polar surface area (TPSA) is 61.5 Å². The molecule has 4 nitrogen and oxygen atoms in total. The molecule has 0 spiro atoms. The second-order valence-corrected chi connectivity index (χ2v) is 4.49. The van der Waals surface area contributed by atoms with Crippen molar-refractivity contribution in [3.8, 4) is 11.5 Å². The minimum Gasteiger partial charge on any atom is -0.462 e. The Morgan fingerprint density at radius 3 is 2.67 bits per heavy atom. The summed E-state index contributed by atoms with van der Waals surface area (Å²) in [5.41, 5.74) is 7.02. The number of hydrogen-bond donors (Lipinski definition) is 1. The molecule has 0 fully saturated rings. The lowest BCUT2D eigenvalue weighted by Crippen LogP contribution is -2.05. The highest BCUT2D eigenvalue weighted by molar-refractivity contribution is 5.90. The number of ether oxygens (including phenoxy) is 2. The summed E-state index contributed by atoms with van der Waals surface area (Å²) in [5.74, 6) is 0.0152. The SMILES string of the molecule is CCOC(=O)c1ccc(N)c(Oc2ccc(F)c(C)c2)c1. The van der Waals surface area contributed by atoms with Crippen molar-refractivity contribution in [1.29, 1.82) is 0 Å². The first kappa shape index (κ1) is 14.8. The Morgan fingerprint density at radius 2 is 2.00 bits per heavy atom. The molecule has 0 aliphatic heterocycles. The summed E-state index contributed by atoms with van der Waals surface area (Å²) < 4.78 is 23.8. The average Bonchev–Trinajstić information content (AvgIpc) is 2.45. The van der Waals surface area contributed by atoms with Gasteiger partial charge in [-0.05, 0) is 55.8 Å². The number of anilines is 1. The quantitative estimate of drug-likeness (QED) is 0.689. The molecule has 0 aromatic heterocycles. The normalized spacial score (nSPS) is 10.2. The van der Waals surface area contributed by atoms with Gasteiger partial charge in [0.2, 0.25) is 0 Å². The van der Waals surface area contributed by atoms with E-state index in [1.54, 1.807) is 32.0 Å². The van der Waals surface area contributed by atoms with Crippen molar-refractivity contribution in [1.82, 2.24) is 0 Å². The van der Waals surface area contributed by atoms with Crippen LogP contribution in [-0.2, 0) is 4.74 Å². The highest BCUT2D eigenvalue weighted by Gasteiger charge is 2.11. The van der Waals surface area contributed by atoms with Crippen LogP contribution >= 0.6 is 0 Å². The third-order valence-electron chi connectivity index (χ3n) is 2.88. The maximum Gasteiger partial charge on any atom is 0.338 e. The van der Waals surface area contributed by atoms with Crippen molar-refractivity contribution in [2.75, 3.05) is 12.3 Å². The van der Waals surface area contributed by atoms with Gasteiger partial charge in [0.1, 0.15) is 11.6 Å². The molecule has 21 heavy (non-hydrogen) atoms. The molecule has 0 atom stereocenters. The second kappa shape index (κ2) is 6.26. The lowest BCUT2D eigenvalue weighted by atomic mass is 10.2. The molecule has 2 N–H and O–H groups in total. The van der Waals surface area contributed by atoms with Crippen LogP contribution in [0.15, 0.2) is 36.4 Å². The molecule has 0 radical (unpaired) electrons. The third kappa shape index (κ3) is 3.51. The van der Waals surface area contributed by atoms with Crippen LogP contribution in [0.5, 0.6) is 11.5 Å². The zero-order valence-corrected chi connectivity index (χ0v) is 11.9. The number of nitrogens with two attached hydrogens (primary N) is 1. The maximum atomic E-state index is 13.2. The first-order valence-electron chi connectivity index (χ1n) is 6.52. The van der Waals surface area contributed by atoms with Crippen LogP contribution < -0.4 is 10.5 Å². The Kier molecular flexibility index (Phi) is 4.42. The molecular weight excluding hydrogens is 273 g/mol. The van der Waals surface area contributed by atoms with Crippen molar-refractivity contribution in [3.63, 3.8) is 0 Å². The highest BCUT2D eigenvalue weighted by atomic mass is 19.1. The van der Waals surface area contributed by atoms with E-state index in [1.807, 2.05) is 0 Å². The van der Waals surface area contributed by atoms with E-state index in [9.17, 15) is 9.18 Å². The fourth-order valence-corrected chi connectivity index (χ4v) is 1.77. The van der Waals surface area contributed by atoms with Crippen LogP contribution in [0.3, 0.4) is 0 Å². The summed E-state index contributed by atoms with van der Waals surface area (Å²) in [5, 5.41) is 0. The predicted octanol–water partition coefficient (Wildman–Crippen LogP) is 3.69. The summed E-state index contributed by atoms with van der Waals surface area (Å²) in [4.78, 5) is 11.7. The number of rotatable bonds is 4. The number of carbonyl (C=O) groups excluding carboxylic acids is 1. The van der Waals surface area contributed by atoms with Crippen molar-refractivity contribution >= 4 is 11.7 Å². The van der Waals surface area contributed by atoms with Gasteiger partial charge in [-0.15, -0.1) is 0 Å². The van der Waals surface area contributed by atoms with Crippen molar-refractivity contribution in [2.45, 2.75) is 13.8 Å². The molecule has 2 aromatic carbocycles. The molecule has 0 heterocycles. The van der Waals surface area contributed by atoms with Gasteiger partial charge in [-0.2, -0.15) is 0 Å². The van der Waals surface area contributed by atoms with Gasteiger partial charge in [-0.25, -0.2) is 9.18 Å². The van der Waals surface area contributed by atoms with Crippen molar-refractivity contribution < 1.29 is 18.7 Å². The molecule has 0 aliphatic carbocycles. The van der Waals surface area contributed by atoms with Gasteiger partial charge in [0.05, 0.1) is 17.9 Å². The molecule has 0 bridgehead atoms. The molecule has 0 saturated heterocycles. The van der Waals surface area contributed by atoms with Crippen LogP contribution in [0, 0.1) is 12.7 Å². The van der Waals surface area contributed by atoms with Crippen LogP contribution in [0.4, 0.5) is 10.1 Å². The van der Waals surface area contributed by atoms with Crippen LogP contribution in [0.2, 0.25) is 0 Å². The molecule has 110 valence electrons. The Labute approximate surface area is 122 Å². The predicted molar refractivity (Wildman–Crippen MR) is 78.0 cm³/mol. The van der Waals surface area contributed by atoms with E-state index < -0.39 is 5.97 Å². The van der Waals surface area contributed by atoms with E-state index in [0.717, 1.165) is 0 Å². The molecule has 2 aromatic rings. The van der Waals surface area contributed by atoms with Gasteiger partial charge in [-0.1, -0.05) is 0 Å². The summed E-state index contributed by atoms with van der Waals surface area (Å²) in [6.45, 7) is 3.66. The summed E-state index contributed by atoms with van der Waals surface area (Å²) in [6, 6.07) is 9.01. The highest BCUT2D eigenvalue weighted by Crippen LogP contribution is 2.29. The Morgan fingerprint density at radius 1 is 1.24 bits per heavy atom. The zero-order valence-electron chi connectivity index (χ0n) is 11.9. The molecule has 0 unspecified atom stereocenters. The molecule has 5 heteroatoms. The molecular formula is C16H16FNO3. The van der Waals surface area contributed by atoms with E-state index in [2.05, 4.69) is 0 Å². The lowest BCUT2D eigenvalue weighted by molar-refractivity contribution is 0.0526. The van der Waals surface area contributed by atoms with Crippen molar-refractivity contribution in [3.05, 3.63) is 53.3 Å². The van der Waals surface area contributed by atoms with E-state index >= 15 is 0 Å². The van der Waals surface area contributed by atoms with Gasteiger partial charge in [-0.3, -0.25) is 0 Å². The van der Waals surface area contributed by atoms with Gasteiger partial charge in [0, 0.05) is 0 Å². The van der Waals surface area contributed by atoms with Crippen LogP contribution in [0.1, 0.15) is 22.8 Å². The number of hydrogen-bond acceptors (Lipinski definition) is 4. The largest absolute Gasteiger partial charge is 0.462 e. The number of carbonyl (C=O) groups is 1. The Bertz CT molecular complexity index is 671. The van der Waals surface area contributed by atoms with E-state index in [-0.39, 0.29) is 12.4 Å². The fourth-order valence-electron chi connectivity index (χ4n) is 1.77. The number of aryl methyl sites for hydroxylation is 1. The number of esters is 1. The minimum atomic E-state index is -0.447. The average molecular weight is 289 g/mol. The first-order chi connectivity index (χ1) is 10.0. The smallest absolute Gasteiger partial charge is 0.338 e. The molecule has 0 saturated carbocycles. The first-order valence-corrected chi connectivity index (χ1v) is 6.52. The Balaban J connectivity index is 2.28. The maximum absolute atomic E-state index is 13.2. The van der Waals surface area contributed by atoms with E-state index in [1.165, 1.54) is 18.2 Å². The van der Waals surface area contributed by atoms with E-state index in [0.29, 0.717) is 28.3 Å². The number of nitrogen functional groups attached to an aromatic ring is 1. The zero-order chi connectivity index (χ0) is 15.4. The van der Waals surface area contributed by atoms with Gasteiger partial charge < -0.3 is 15.2 Å². The van der Waals surface area contributed by atoms with Gasteiger partial charge >= 0.3 is 5.97 Å². The molecule has 0 aliphatic rings. The molecule has 2 rings (SSSR count). The summed E-state index contributed by atoms with van der Waals surface area (Å²) in [6.07, 6.45) is 0. The second-order valence-electron chi connectivity index (χ2n) is 4.49. The van der Waals surface area contributed by atoms with Crippen molar-refractivity contribution in [2.24, 2.45) is 0 Å². The fraction of sp³-hybridized carbons (Fsp3) is 0.188. The van der Waals surface area contributed by atoms with Gasteiger partial charge in [0.25, 0.3) is 0 Å². The van der Waals surface area contributed by atoms with Crippen LogP contribution in [0.25, 0.3) is 0 Å². The monoisotopic (exact) mass is 289 g/mol. The number of halogens is 1. The molecule has 0 amide bonds. The summed E-state index contributed by atoms with van der Waals surface area (Å²) >= 11 is 0. The van der Waals surface area contributed by atoms with E-state index in [4.69, 9.17) is 15.2 Å². The number of benzene rings is 2. The van der Waals surface area contributed by atoms with Crippen LogP contribution in [-0.4, -0.2) is 12.6 Å². The Hall–Kier alpha value is -2.56. The standard InChI is InChI=1S/C16H16FNO3/c1-3-20-16(19)11-4-7-14(18)15(9-11)21-12-5-6-13(17)10(2)8-12/h4-9H,3,18H2,1-2H3. The third-order valence-corrected chi connectivity index (χ3v) is 2.88. The summed E-state index contributed by atoms with van der Waals surface area (Å²) in [7, 11) is 0. The van der Waals surface area contributed by atoms with Gasteiger partial charge in [0.15, 0.2) is 5.75 Å². The minimum absolute atomic E-state index is 0.288. The lowest BCUT2D eigenvalue weighted by Gasteiger charge is -2.11.